The minimum atomic E-state index is -1.27. The summed E-state index contributed by atoms with van der Waals surface area (Å²) in [5.41, 5.74) is 6.83. The highest BCUT2D eigenvalue weighted by Crippen LogP contribution is 2.17. The molecule has 1 rings (SSSR count). The van der Waals surface area contributed by atoms with Gasteiger partial charge in [-0.05, 0) is 31.5 Å². The van der Waals surface area contributed by atoms with Crippen LogP contribution in [-0.4, -0.2) is 17.7 Å². The van der Waals surface area contributed by atoms with Crippen molar-refractivity contribution in [1.29, 1.82) is 5.26 Å². The number of aryl methyl sites for hydroxylation is 1. The first-order chi connectivity index (χ1) is 8.92. The predicted molar refractivity (Wildman–Crippen MR) is 73.6 cm³/mol. The highest BCUT2D eigenvalue weighted by Gasteiger charge is 2.04. The van der Waals surface area contributed by atoms with Crippen molar-refractivity contribution in [3.05, 3.63) is 40.6 Å². The molecule has 0 saturated heterocycles. The Bertz CT molecular complexity index is 507. The molecular weight excluding hydrogens is 268 g/mol. The normalized spacial score (nSPS) is 9.89. The van der Waals surface area contributed by atoms with Gasteiger partial charge >= 0.3 is 5.97 Å². The van der Waals surface area contributed by atoms with Crippen LogP contribution in [0.5, 0.6) is 0 Å². The summed E-state index contributed by atoms with van der Waals surface area (Å²) in [5.74, 6) is -1.27. The Balaban J connectivity index is 0.000000342. The van der Waals surface area contributed by atoms with E-state index in [4.69, 9.17) is 27.7 Å². The summed E-state index contributed by atoms with van der Waals surface area (Å²) >= 11 is 5.73. The quantitative estimate of drug-likeness (QED) is 0.384. The van der Waals surface area contributed by atoms with Crippen LogP contribution < -0.4 is 5.73 Å². The second kappa shape index (κ2) is 8.84. The average Bonchev–Trinajstić information content (AvgIpc) is 2.35. The first-order valence-corrected chi connectivity index (χ1v) is 5.77. The zero-order valence-electron chi connectivity index (χ0n) is 10.7. The van der Waals surface area contributed by atoms with Crippen LogP contribution in [-0.2, 0) is 9.53 Å². The van der Waals surface area contributed by atoms with Crippen LogP contribution in [0.25, 0.3) is 0 Å². The second-order valence-electron chi connectivity index (χ2n) is 3.41. The maximum atomic E-state index is 10.1. The number of nitrogens with zero attached hydrogens (tertiary/aromatic N) is 1. The Labute approximate surface area is 116 Å². The van der Waals surface area contributed by atoms with Crippen LogP contribution >= 0.6 is 11.6 Å². The molecule has 3 N–H and O–H groups in total. The van der Waals surface area contributed by atoms with Gasteiger partial charge in [0.2, 0.25) is 0 Å². The van der Waals surface area contributed by atoms with E-state index >= 15 is 0 Å². The maximum Gasteiger partial charge on any atom is 0.349 e. The van der Waals surface area contributed by atoms with Crippen LogP contribution in [0.3, 0.4) is 0 Å². The molecular formula is C13H15ClN2O3. The van der Waals surface area contributed by atoms with Crippen molar-refractivity contribution in [3.63, 3.8) is 0 Å². The summed E-state index contributed by atoms with van der Waals surface area (Å²) in [6, 6.07) is 6.95. The molecule has 0 aliphatic rings. The molecule has 0 saturated carbocycles. The Morgan fingerprint density at radius 3 is 2.63 bits per heavy atom. The summed E-state index contributed by atoms with van der Waals surface area (Å²) in [6.07, 6.45) is 0.933. The molecule has 0 fully saturated rings. The molecule has 19 heavy (non-hydrogen) atoms. The van der Waals surface area contributed by atoms with E-state index in [9.17, 15) is 4.79 Å². The van der Waals surface area contributed by atoms with E-state index in [1.807, 2.05) is 19.1 Å². The van der Waals surface area contributed by atoms with E-state index in [-0.39, 0.29) is 5.57 Å². The van der Waals surface area contributed by atoms with Gasteiger partial charge in [-0.2, -0.15) is 5.26 Å². The number of carboxylic acid groups (broad SMARTS) is 1. The van der Waals surface area contributed by atoms with Crippen LogP contribution in [0, 0.1) is 18.3 Å². The summed E-state index contributed by atoms with van der Waals surface area (Å²) in [5, 5.41) is 17.1. The van der Waals surface area contributed by atoms with Gasteiger partial charge in [0.05, 0.1) is 6.61 Å². The highest BCUT2D eigenvalue weighted by atomic mass is 35.5. The monoisotopic (exact) mass is 282 g/mol. The zero-order chi connectivity index (χ0) is 14.8. The predicted octanol–water partition coefficient (Wildman–Crippen LogP) is 2.75. The Kier molecular flexibility index (Phi) is 7.82. The van der Waals surface area contributed by atoms with Crippen LogP contribution in [0.2, 0.25) is 5.02 Å². The number of rotatable bonds is 3. The minimum Gasteiger partial charge on any atom is -0.500 e. The number of carbonyl (C=O) groups is 1. The number of nitrogen functional groups attached to an aromatic ring is 1. The molecule has 5 nitrogen and oxygen atoms in total. The van der Waals surface area contributed by atoms with Crippen molar-refractivity contribution in [2.75, 3.05) is 12.3 Å². The fourth-order valence-electron chi connectivity index (χ4n) is 0.900. The fraction of sp³-hybridized carbons (Fsp3) is 0.231. The van der Waals surface area contributed by atoms with E-state index in [1.54, 1.807) is 13.0 Å². The highest BCUT2D eigenvalue weighted by molar-refractivity contribution is 6.31. The van der Waals surface area contributed by atoms with Gasteiger partial charge in [-0.3, -0.25) is 0 Å². The third-order valence-corrected chi connectivity index (χ3v) is 2.32. The molecule has 0 amide bonds. The lowest BCUT2D eigenvalue weighted by atomic mass is 10.2. The molecule has 0 bridgehead atoms. The number of nitriles is 1. The summed E-state index contributed by atoms with van der Waals surface area (Å²) in [6.45, 7) is 4.01. The molecule has 6 heteroatoms. The van der Waals surface area contributed by atoms with Crippen molar-refractivity contribution in [2.24, 2.45) is 0 Å². The third-order valence-electron chi connectivity index (χ3n) is 1.91. The molecule has 0 heterocycles. The van der Waals surface area contributed by atoms with Gasteiger partial charge in [0.25, 0.3) is 0 Å². The van der Waals surface area contributed by atoms with Gasteiger partial charge in [0.1, 0.15) is 12.3 Å². The summed E-state index contributed by atoms with van der Waals surface area (Å²) in [7, 11) is 0. The second-order valence-corrected chi connectivity index (χ2v) is 3.82. The van der Waals surface area contributed by atoms with Crippen molar-refractivity contribution in [2.45, 2.75) is 13.8 Å². The van der Waals surface area contributed by atoms with Crippen LogP contribution in [0.4, 0.5) is 5.69 Å². The SMILES string of the molecule is CCOC=C(C#N)C(=O)O.Cc1ccc(N)cc1Cl. The standard InChI is InChI=1S/C7H8ClN.C6H7NO3/c1-5-2-3-6(9)4-7(5)8;1-2-10-4-5(3-7)6(8)9/h2-4H,9H2,1H3;4H,2H2,1H3,(H,8,9). The fourth-order valence-corrected chi connectivity index (χ4v) is 1.09. The maximum absolute atomic E-state index is 10.1. The molecule has 1 aromatic carbocycles. The van der Waals surface area contributed by atoms with Gasteiger partial charge < -0.3 is 15.6 Å². The van der Waals surface area contributed by atoms with Gasteiger partial charge in [0.15, 0.2) is 5.57 Å². The number of hydrogen-bond donors (Lipinski definition) is 2. The topological polar surface area (TPSA) is 96.3 Å². The van der Waals surface area contributed by atoms with Crippen molar-refractivity contribution >= 4 is 23.3 Å². The lowest BCUT2D eigenvalue weighted by Crippen LogP contribution is -1.98. The number of halogens is 1. The van der Waals surface area contributed by atoms with E-state index < -0.39 is 5.97 Å². The number of nitrogens with two attached hydrogens (primary N) is 1. The van der Waals surface area contributed by atoms with E-state index in [1.165, 1.54) is 6.07 Å². The van der Waals surface area contributed by atoms with E-state index in [0.717, 1.165) is 16.8 Å². The Morgan fingerprint density at radius 2 is 2.26 bits per heavy atom. The van der Waals surface area contributed by atoms with Crippen LogP contribution in [0.15, 0.2) is 30.0 Å². The lowest BCUT2D eigenvalue weighted by Gasteiger charge is -1.96. The largest absolute Gasteiger partial charge is 0.500 e. The third kappa shape index (κ3) is 6.96. The minimum absolute atomic E-state index is 0.360. The molecule has 0 aromatic heterocycles. The zero-order valence-corrected chi connectivity index (χ0v) is 11.4. The smallest absolute Gasteiger partial charge is 0.349 e. The molecule has 0 aliphatic heterocycles. The Hall–Kier alpha value is -2.19. The van der Waals surface area contributed by atoms with E-state index in [2.05, 4.69) is 4.74 Å². The number of aliphatic carboxylic acids is 1. The molecule has 102 valence electrons. The summed E-state index contributed by atoms with van der Waals surface area (Å²) in [4.78, 5) is 10.1. The molecule has 0 aliphatic carbocycles. The number of benzene rings is 1. The van der Waals surface area contributed by atoms with Crippen LogP contribution in [0.1, 0.15) is 12.5 Å². The number of ether oxygens (including phenoxy) is 1. The molecule has 0 radical (unpaired) electrons. The van der Waals surface area contributed by atoms with Gasteiger partial charge in [-0.15, -0.1) is 0 Å². The number of anilines is 1. The molecule has 0 unspecified atom stereocenters. The molecule has 1 aromatic rings. The van der Waals surface area contributed by atoms with Gasteiger partial charge in [-0.25, -0.2) is 4.79 Å². The summed E-state index contributed by atoms with van der Waals surface area (Å²) < 4.78 is 4.58. The Morgan fingerprint density at radius 1 is 1.63 bits per heavy atom. The average molecular weight is 283 g/mol. The van der Waals surface area contributed by atoms with Crippen molar-refractivity contribution in [3.8, 4) is 6.07 Å². The van der Waals surface area contributed by atoms with Gasteiger partial charge in [-0.1, -0.05) is 17.7 Å². The number of hydrogen-bond acceptors (Lipinski definition) is 4. The van der Waals surface area contributed by atoms with E-state index in [0.29, 0.717) is 12.3 Å². The first-order valence-electron chi connectivity index (χ1n) is 5.39. The molecule has 0 atom stereocenters. The van der Waals surface area contributed by atoms with Crippen molar-refractivity contribution in [1.82, 2.24) is 0 Å². The first kappa shape index (κ1) is 16.8. The molecule has 0 spiro atoms. The lowest BCUT2D eigenvalue weighted by molar-refractivity contribution is -0.132. The van der Waals surface area contributed by atoms with Crippen molar-refractivity contribution < 1.29 is 14.6 Å². The number of carboxylic acids is 1. The van der Waals surface area contributed by atoms with Gasteiger partial charge in [0, 0.05) is 10.7 Å².